The van der Waals surface area contributed by atoms with Gasteiger partial charge in [-0.15, -0.1) is 0 Å². The van der Waals surface area contributed by atoms with Crippen molar-refractivity contribution < 1.29 is 9.32 Å². The van der Waals surface area contributed by atoms with Gasteiger partial charge in [-0.05, 0) is 25.8 Å². The van der Waals surface area contributed by atoms with Gasteiger partial charge in [0.05, 0.1) is 16.6 Å². The molecule has 18 heavy (non-hydrogen) atoms. The molecule has 1 fully saturated rings. The summed E-state index contributed by atoms with van der Waals surface area (Å²) in [5.74, 6) is 0.448. The number of carbonyl (C=O) groups is 1. The van der Waals surface area contributed by atoms with Gasteiger partial charge in [-0.25, -0.2) is 4.98 Å². The molecular weight excluding hydrogens is 230 g/mol. The van der Waals surface area contributed by atoms with E-state index in [4.69, 9.17) is 4.52 Å². The van der Waals surface area contributed by atoms with Crippen molar-refractivity contribution >= 4 is 17.0 Å². The van der Waals surface area contributed by atoms with E-state index < -0.39 is 0 Å². The van der Waals surface area contributed by atoms with Crippen molar-refractivity contribution in [1.29, 1.82) is 0 Å². The maximum Gasteiger partial charge on any atom is 0.259 e. The maximum absolute atomic E-state index is 12.2. The number of carbonyl (C=O) groups excluding carboxylic acids is 1. The molecule has 0 N–H and O–H groups in total. The molecular formula is C13H15N3O2. The van der Waals surface area contributed by atoms with Crippen molar-refractivity contribution in [3.63, 3.8) is 0 Å². The van der Waals surface area contributed by atoms with E-state index in [9.17, 15) is 4.79 Å². The Labute approximate surface area is 105 Å². The molecule has 5 nitrogen and oxygen atoms in total. The van der Waals surface area contributed by atoms with E-state index in [0.29, 0.717) is 22.9 Å². The lowest BCUT2D eigenvalue weighted by atomic mass is 10.1. The number of amides is 1. The second kappa shape index (κ2) is 3.80. The Kier molecular flexibility index (Phi) is 2.36. The smallest absolute Gasteiger partial charge is 0.259 e. The van der Waals surface area contributed by atoms with E-state index >= 15 is 0 Å². The van der Waals surface area contributed by atoms with Crippen molar-refractivity contribution in [2.45, 2.75) is 25.7 Å². The third kappa shape index (κ3) is 1.66. The van der Waals surface area contributed by atoms with Crippen LogP contribution in [0.25, 0.3) is 11.1 Å². The zero-order valence-corrected chi connectivity index (χ0v) is 10.7. The second-order valence-corrected chi connectivity index (χ2v) is 5.02. The molecule has 0 atom stereocenters. The second-order valence-electron chi connectivity index (χ2n) is 5.02. The largest absolute Gasteiger partial charge is 0.345 e. The molecule has 0 bridgehead atoms. The van der Waals surface area contributed by atoms with Gasteiger partial charge in [0.25, 0.3) is 11.6 Å². The van der Waals surface area contributed by atoms with E-state index in [0.717, 1.165) is 23.9 Å². The molecule has 0 aliphatic heterocycles. The van der Waals surface area contributed by atoms with Gasteiger partial charge in [0, 0.05) is 25.7 Å². The summed E-state index contributed by atoms with van der Waals surface area (Å²) in [5.41, 5.74) is 2.78. The Bertz CT molecular complexity index is 626. The Morgan fingerprint density at radius 3 is 2.78 bits per heavy atom. The molecule has 0 saturated heterocycles. The van der Waals surface area contributed by atoms with Gasteiger partial charge in [0.1, 0.15) is 0 Å². The molecule has 2 heterocycles. The Hall–Kier alpha value is -1.91. The molecule has 2 aromatic rings. The maximum atomic E-state index is 12.2. The number of aromatic nitrogens is 2. The van der Waals surface area contributed by atoms with Gasteiger partial charge in [0.15, 0.2) is 0 Å². The lowest BCUT2D eigenvalue weighted by Gasteiger charge is -2.11. The summed E-state index contributed by atoms with van der Waals surface area (Å²) in [6.07, 6.45) is 2.28. The first-order chi connectivity index (χ1) is 8.58. The van der Waals surface area contributed by atoms with Crippen LogP contribution in [0.15, 0.2) is 10.6 Å². The van der Waals surface area contributed by atoms with Crippen molar-refractivity contribution in [2.75, 3.05) is 14.1 Å². The average molecular weight is 245 g/mol. The number of pyridine rings is 1. The monoisotopic (exact) mass is 245 g/mol. The minimum Gasteiger partial charge on any atom is -0.345 e. The first kappa shape index (κ1) is 11.2. The van der Waals surface area contributed by atoms with Crippen LogP contribution in [0, 0.1) is 6.92 Å². The first-order valence-corrected chi connectivity index (χ1v) is 6.06. The summed E-state index contributed by atoms with van der Waals surface area (Å²) in [5, 5.41) is 4.65. The third-order valence-corrected chi connectivity index (χ3v) is 3.27. The van der Waals surface area contributed by atoms with E-state index in [-0.39, 0.29) is 5.91 Å². The number of nitrogens with zero attached hydrogens (tertiary/aromatic N) is 3. The predicted octanol–water partition coefficient (Wildman–Crippen LogP) is 2.11. The van der Waals surface area contributed by atoms with Gasteiger partial charge < -0.3 is 9.42 Å². The first-order valence-electron chi connectivity index (χ1n) is 6.06. The highest BCUT2D eigenvalue weighted by molar-refractivity contribution is 6.05. The molecule has 94 valence electrons. The number of aryl methyl sites for hydroxylation is 1. The van der Waals surface area contributed by atoms with E-state index in [1.807, 2.05) is 13.0 Å². The lowest BCUT2D eigenvalue weighted by molar-refractivity contribution is 0.0829. The van der Waals surface area contributed by atoms with Crippen LogP contribution >= 0.6 is 0 Å². The lowest BCUT2D eigenvalue weighted by Crippen LogP contribution is -2.22. The Morgan fingerprint density at radius 1 is 1.44 bits per heavy atom. The standard InChI is InChI=1S/C13H15N3O2/c1-7-11-9(13(17)16(2)3)6-10(8-4-5-8)14-12(11)18-15-7/h6,8H,4-5H2,1-3H3. The summed E-state index contributed by atoms with van der Waals surface area (Å²) in [4.78, 5) is 18.3. The Balaban J connectivity index is 2.24. The van der Waals surface area contributed by atoms with Gasteiger partial charge in [0.2, 0.25) is 0 Å². The van der Waals surface area contributed by atoms with Crippen LogP contribution in [0.2, 0.25) is 0 Å². The molecule has 1 amide bonds. The normalized spacial score (nSPS) is 15.1. The molecule has 1 aliphatic rings. The van der Waals surface area contributed by atoms with Crippen molar-refractivity contribution in [3.8, 4) is 0 Å². The topological polar surface area (TPSA) is 59.2 Å². The third-order valence-electron chi connectivity index (χ3n) is 3.27. The highest BCUT2D eigenvalue weighted by Crippen LogP contribution is 2.40. The molecule has 0 unspecified atom stereocenters. The van der Waals surface area contributed by atoms with Gasteiger partial charge in [-0.2, -0.15) is 0 Å². The Morgan fingerprint density at radius 2 is 2.17 bits per heavy atom. The van der Waals surface area contributed by atoms with Crippen LogP contribution in [0.4, 0.5) is 0 Å². The van der Waals surface area contributed by atoms with Crippen LogP contribution < -0.4 is 0 Å². The van der Waals surface area contributed by atoms with E-state index in [1.165, 1.54) is 0 Å². The van der Waals surface area contributed by atoms with Gasteiger partial charge in [-0.1, -0.05) is 5.16 Å². The highest BCUT2D eigenvalue weighted by atomic mass is 16.5. The van der Waals surface area contributed by atoms with Crippen LogP contribution in [-0.4, -0.2) is 35.0 Å². The minimum absolute atomic E-state index is 0.0319. The highest BCUT2D eigenvalue weighted by Gasteiger charge is 2.28. The summed E-state index contributed by atoms with van der Waals surface area (Å²) in [6.45, 7) is 1.83. The molecule has 1 aliphatic carbocycles. The van der Waals surface area contributed by atoms with Crippen molar-refractivity contribution in [3.05, 3.63) is 23.0 Å². The summed E-state index contributed by atoms with van der Waals surface area (Å²) >= 11 is 0. The SMILES string of the molecule is Cc1noc2nc(C3CC3)cc(C(=O)N(C)C)c12. The number of rotatable bonds is 2. The number of hydrogen-bond donors (Lipinski definition) is 0. The quantitative estimate of drug-likeness (QED) is 0.813. The molecule has 0 aromatic carbocycles. The molecule has 1 saturated carbocycles. The minimum atomic E-state index is -0.0319. The fourth-order valence-corrected chi connectivity index (χ4v) is 2.11. The van der Waals surface area contributed by atoms with Crippen LogP contribution in [0.5, 0.6) is 0 Å². The van der Waals surface area contributed by atoms with E-state index in [1.54, 1.807) is 19.0 Å². The average Bonchev–Trinajstić information content (AvgIpc) is 3.13. The van der Waals surface area contributed by atoms with Crippen LogP contribution in [0.3, 0.4) is 0 Å². The van der Waals surface area contributed by atoms with Crippen molar-refractivity contribution in [2.24, 2.45) is 0 Å². The molecule has 0 spiro atoms. The molecule has 0 radical (unpaired) electrons. The summed E-state index contributed by atoms with van der Waals surface area (Å²) in [6, 6.07) is 1.90. The zero-order chi connectivity index (χ0) is 12.9. The molecule has 2 aromatic heterocycles. The van der Waals surface area contributed by atoms with E-state index in [2.05, 4.69) is 10.1 Å². The van der Waals surface area contributed by atoms with Crippen LogP contribution in [0.1, 0.15) is 40.5 Å². The predicted molar refractivity (Wildman–Crippen MR) is 66.5 cm³/mol. The van der Waals surface area contributed by atoms with Gasteiger partial charge in [-0.3, -0.25) is 4.79 Å². The van der Waals surface area contributed by atoms with Crippen LogP contribution in [-0.2, 0) is 0 Å². The fourth-order valence-electron chi connectivity index (χ4n) is 2.11. The molecule has 5 heteroatoms. The fraction of sp³-hybridized carbons (Fsp3) is 0.462. The summed E-state index contributed by atoms with van der Waals surface area (Å²) < 4.78 is 5.21. The number of hydrogen-bond acceptors (Lipinski definition) is 4. The number of fused-ring (bicyclic) bond motifs is 1. The summed E-state index contributed by atoms with van der Waals surface area (Å²) in [7, 11) is 3.49. The van der Waals surface area contributed by atoms with Gasteiger partial charge >= 0.3 is 0 Å². The zero-order valence-electron chi connectivity index (χ0n) is 10.7. The van der Waals surface area contributed by atoms with Crippen molar-refractivity contribution in [1.82, 2.24) is 15.0 Å². The molecule has 3 rings (SSSR count).